The SMILES string of the molecule is CCOc1ccccc1C(CN1CCOCC1(C)C)NC. The molecule has 0 aromatic heterocycles. The zero-order chi connectivity index (χ0) is 15.3. The van der Waals surface area contributed by atoms with Crippen molar-refractivity contribution in [2.24, 2.45) is 0 Å². The third-order valence-corrected chi connectivity index (χ3v) is 4.16. The Hall–Kier alpha value is -1.10. The fraction of sp³-hybridized carbons (Fsp3) is 0.647. The zero-order valence-corrected chi connectivity index (χ0v) is 13.7. The van der Waals surface area contributed by atoms with Gasteiger partial charge in [-0.05, 0) is 33.9 Å². The highest BCUT2D eigenvalue weighted by molar-refractivity contribution is 5.36. The number of nitrogens with one attached hydrogen (secondary N) is 1. The summed E-state index contributed by atoms with van der Waals surface area (Å²) in [6.45, 7) is 10.7. The van der Waals surface area contributed by atoms with E-state index < -0.39 is 0 Å². The second-order valence-electron chi connectivity index (χ2n) is 6.12. The Morgan fingerprint density at radius 3 is 2.81 bits per heavy atom. The summed E-state index contributed by atoms with van der Waals surface area (Å²) >= 11 is 0. The second-order valence-corrected chi connectivity index (χ2v) is 6.12. The van der Waals surface area contributed by atoms with Crippen molar-refractivity contribution in [1.29, 1.82) is 0 Å². The minimum absolute atomic E-state index is 0.0773. The minimum Gasteiger partial charge on any atom is -0.494 e. The first-order valence-electron chi connectivity index (χ1n) is 7.80. The smallest absolute Gasteiger partial charge is 0.124 e. The lowest BCUT2D eigenvalue weighted by atomic mass is 9.99. The number of para-hydroxylation sites is 1. The van der Waals surface area contributed by atoms with Crippen molar-refractivity contribution >= 4 is 0 Å². The molecular weight excluding hydrogens is 264 g/mol. The maximum Gasteiger partial charge on any atom is 0.124 e. The molecular formula is C17H28N2O2. The molecule has 21 heavy (non-hydrogen) atoms. The van der Waals surface area contributed by atoms with Crippen molar-refractivity contribution in [3.8, 4) is 5.75 Å². The molecule has 0 bridgehead atoms. The van der Waals surface area contributed by atoms with Crippen molar-refractivity contribution in [3.05, 3.63) is 29.8 Å². The van der Waals surface area contributed by atoms with Crippen LogP contribution in [-0.4, -0.2) is 50.4 Å². The molecule has 1 aliphatic heterocycles. The second kappa shape index (κ2) is 7.25. The van der Waals surface area contributed by atoms with Crippen LogP contribution in [0, 0.1) is 0 Å². The Morgan fingerprint density at radius 1 is 1.38 bits per heavy atom. The Bertz CT molecular complexity index is 448. The molecule has 1 aliphatic rings. The number of morpholine rings is 1. The maximum absolute atomic E-state index is 5.78. The van der Waals surface area contributed by atoms with E-state index >= 15 is 0 Å². The summed E-state index contributed by atoms with van der Waals surface area (Å²) in [7, 11) is 2.01. The van der Waals surface area contributed by atoms with Crippen LogP contribution in [0.15, 0.2) is 24.3 Å². The third kappa shape index (κ3) is 3.96. The Balaban J connectivity index is 2.16. The van der Waals surface area contributed by atoms with E-state index in [2.05, 4.69) is 36.2 Å². The Kier molecular flexibility index (Phi) is 5.62. The summed E-state index contributed by atoms with van der Waals surface area (Å²) in [4.78, 5) is 2.50. The molecule has 1 heterocycles. The van der Waals surface area contributed by atoms with Crippen molar-refractivity contribution in [1.82, 2.24) is 10.2 Å². The normalized spacial score (nSPS) is 20.2. The minimum atomic E-state index is 0.0773. The molecule has 1 N–H and O–H groups in total. The van der Waals surface area contributed by atoms with Gasteiger partial charge in [-0.2, -0.15) is 0 Å². The Morgan fingerprint density at radius 2 is 2.14 bits per heavy atom. The van der Waals surface area contributed by atoms with Crippen LogP contribution in [0.25, 0.3) is 0 Å². The number of ether oxygens (including phenoxy) is 2. The van der Waals surface area contributed by atoms with E-state index in [4.69, 9.17) is 9.47 Å². The first kappa shape index (κ1) is 16.3. The first-order chi connectivity index (χ1) is 10.1. The lowest BCUT2D eigenvalue weighted by molar-refractivity contribution is -0.0544. The molecule has 1 saturated heterocycles. The van der Waals surface area contributed by atoms with E-state index in [-0.39, 0.29) is 11.6 Å². The maximum atomic E-state index is 5.78. The number of hydrogen-bond donors (Lipinski definition) is 1. The van der Waals surface area contributed by atoms with Crippen LogP contribution in [0.5, 0.6) is 5.75 Å². The van der Waals surface area contributed by atoms with Gasteiger partial charge in [0.25, 0.3) is 0 Å². The molecule has 0 amide bonds. The van der Waals surface area contributed by atoms with Crippen molar-refractivity contribution in [2.75, 3.05) is 40.0 Å². The predicted molar refractivity (Wildman–Crippen MR) is 85.9 cm³/mol. The van der Waals surface area contributed by atoms with Crippen LogP contribution in [0.1, 0.15) is 32.4 Å². The van der Waals surface area contributed by atoms with Gasteiger partial charge in [-0.3, -0.25) is 4.90 Å². The summed E-state index contributed by atoms with van der Waals surface area (Å²) in [6.07, 6.45) is 0. The standard InChI is InChI=1S/C17H28N2O2/c1-5-21-16-9-7-6-8-14(16)15(18-4)12-19-10-11-20-13-17(19,2)3/h6-9,15,18H,5,10-13H2,1-4H3. The van der Waals surface area contributed by atoms with Gasteiger partial charge < -0.3 is 14.8 Å². The quantitative estimate of drug-likeness (QED) is 0.873. The van der Waals surface area contributed by atoms with Crippen molar-refractivity contribution < 1.29 is 9.47 Å². The number of likely N-dealkylation sites (N-methyl/N-ethyl adjacent to an activating group) is 1. The molecule has 1 atom stereocenters. The molecule has 0 radical (unpaired) electrons. The summed E-state index contributed by atoms with van der Waals surface area (Å²) in [5.74, 6) is 0.977. The van der Waals surface area contributed by atoms with Gasteiger partial charge in [-0.1, -0.05) is 18.2 Å². The molecule has 1 aromatic carbocycles. The average Bonchev–Trinajstić information content (AvgIpc) is 2.47. The monoisotopic (exact) mass is 292 g/mol. The van der Waals surface area contributed by atoms with Gasteiger partial charge in [-0.15, -0.1) is 0 Å². The number of nitrogens with zero attached hydrogens (tertiary/aromatic N) is 1. The topological polar surface area (TPSA) is 33.7 Å². The van der Waals surface area contributed by atoms with Crippen LogP contribution in [0.3, 0.4) is 0 Å². The predicted octanol–water partition coefficient (Wildman–Crippen LogP) is 2.46. The molecule has 0 spiro atoms. The Labute approximate surface area is 128 Å². The highest BCUT2D eigenvalue weighted by Crippen LogP contribution is 2.28. The molecule has 0 saturated carbocycles. The highest BCUT2D eigenvalue weighted by Gasteiger charge is 2.32. The van der Waals surface area contributed by atoms with Gasteiger partial charge in [0.05, 0.1) is 19.8 Å². The number of rotatable bonds is 6. The van der Waals surface area contributed by atoms with Crippen LogP contribution >= 0.6 is 0 Å². The van der Waals surface area contributed by atoms with Gasteiger partial charge in [0.1, 0.15) is 5.75 Å². The molecule has 1 aromatic rings. The van der Waals surface area contributed by atoms with Gasteiger partial charge in [0.2, 0.25) is 0 Å². The third-order valence-electron chi connectivity index (χ3n) is 4.16. The number of benzene rings is 1. The van der Waals surface area contributed by atoms with E-state index in [9.17, 15) is 0 Å². The molecule has 4 heteroatoms. The molecule has 118 valence electrons. The van der Waals surface area contributed by atoms with Crippen LogP contribution in [-0.2, 0) is 4.74 Å². The van der Waals surface area contributed by atoms with Crippen LogP contribution in [0.2, 0.25) is 0 Å². The van der Waals surface area contributed by atoms with Crippen molar-refractivity contribution in [3.63, 3.8) is 0 Å². The first-order valence-corrected chi connectivity index (χ1v) is 7.80. The van der Waals surface area contributed by atoms with Gasteiger partial charge >= 0.3 is 0 Å². The fourth-order valence-corrected chi connectivity index (χ4v) is 2.85. The van der Waals surface area contributed by atoms with E-state index in [1.54, 1.807) is 0 Å². The summed E-state index contributed by atoms with van der Waals surface area (Å²) in [6, 6.07) is 8.56. The lowest BCUT2D eigenvalue weighted by Crippen LogP contribution is -2.54. The fourth-order valence-electron chi connectivity index (χ4n) is 2.85. The van der Waals surface area contributed by atoms with Crippen molar-refractivity contribution in [2.45, 2.75) is 32.4 Å². The number of hydrogen-bond acceptors (Lipinski definition) is 4. The van der Waals surface area contributed by atoms with Gasteiger partial charge in [0, 0.05) is 30.2 Å². The zero-order valence-electron chi connectivity index (χ0n) is 13.7. The van der Waals surface area contributed by atoms with E-state index in [0.29, 0.717) is 6.61 Å². The summed E-state index contributed by atoms with van der Waals surface area (Å²) in [5.41, 5.74) is 1.30. The summed E-state index contributed by atoms with van der Waals surface area (Å²) in [5, 5.41) is 3.44. The molecule has 0 aliphatic carbocycles. The lowest BCUT2D eigenvalue weighted by Gasteiger charge is -2.43. The van der Waals surface area contributed by atoms with E-state index in [1.807, 2.05) is 26.1 Å². The van der Waals surface area contributed by atoms with E-state index in [1.165, 1.54) is 5.56 Å². The van der Waals surface area contributed by atoms with E-state index in [0.717, 1.165) is 32.1 Å². The highest BCUT2D eigenvalue weighted by atomic mass is 16.5. The average molecular weight is 292 g/mol. The van der Waals surface area contributed by atoms with Gasteiger partial charge in [-0.25, -0.2) is 0 Å². The van der Waals surface area contributed by atoms with Crippen LogP contribution in [0.4, 0.5) is 0 Å². The molecule has 2 rings (SSSR count). The molecule has 1 unspecified atom stereocenters. The van der Waals surface area contributed by atoms with Crippen LogP contribution < -0.4 is 10.1 Å². The molecule has 1 fully saturated rings. The largest absolute Gasteiger partial charge is 0.494 e. The van der Waals surface area contributed by atoms with Gasteiger partial charge in [0.15, 0.2) is 0 Å². The summed E-state index contributed by atoms with van der Waals surface area (Å²) < 4.78 is 11.4. The molecule has 4 nitrogen and oxygen atoms in total.